The van der Waals surface area contributed by atoms with E-state index < -0.39 is 12.0 Å². The number of carbonyl (C=O) groups is 1. The van der Waals surface area contributed by atoms with Crippen LogP contribution >= 0.6 is 0 Å². The molecule has 0 aromatic heterocycles. The number of aliphatic carboxylic acids is 1. The van der Waals surface area contributed by atoms with Gasteiger partial charge in [-0.3, -0.25) is 4.79 Å². The molecule has 0 aliphatic carbocycles. The summed E-state index contributed by atoms with van der Waals surface area (Å²) in [5.41, 5.74) is 7.64. The van der Waals surface area contributed by atoms with Crippen LogP contribution in [-0.4, -0.2) is 17.1 Å². The highest BCUT2D eigenvalue weighted by atomic mass is 16.4. The van der Waals surface area contributed by atoms with Crippen molar-refractivity contribution in [1.82, 2.24) is 0 Å². The van der Waals surface area contributed by atoms with Crippen molar-refractivity contribution in [2.45, 2.75) is 25.8 Å². The number of aryl methyl sites for hydroxylation is 1. The minimum atomic E-state index is -0.954. The molecule has 0 aliphatic heterocycles. The number of carboxylic acid groups (broad SMARTS) is 1. The number of rotatable bonds is 4. The molecule has 1 aromatic rings. The molecule has 0 heterocycles. The molecule has 3 heteroatoms. The lowest BCUT2D eigenvalue weighted by Crippen LogP contribution is -2.32. The lowest BCUT2D eigenvalue weighted by atomic mass is 10.0. The van der Waals surface area contributed by atoms with Crippen LogP contribution in [0.15, 0.2) is 24.3 Å². The van der Waals surface area contributed by atoms with E-state index in [0.717, 1.165) is 12.0 Å². The van der Waals surface area contributed by atoms with Crippen molar-refractivity contribution in [2.75, 3.05) is 0 Å². The minimum absolute atomic E-state index is 0.388. The summed E-state index contributed by atoms with van der Waals surface area (Å²) in [5.74, 6) is -0.954. The standard InChI is InChI=1S/C11H15NO2/c1-2-8-3-5-9(6-4-8)7-10(12)11(13)14/h3-6,10H,2,7,12H2,1H3,(H,13,14)/t10-/m1/s1. The maximum atomic E-state index is 10.5. The van der Waals surface area contributed by atoms with Gasteiger partial charge in [0.25, 0.3) is 0 Å². The zero-order valence-electron chi connectivity index (χ0n) is 8.23. The summed E-state index contributed by atoms with van der Waals surface area (Å²) in [5, 5.41) is 8.62. The van der Waals surface area contributed by atoms with Gasteiger partial charge in [0.15, 0.2) is 0 Å². The molecule has 3 N–H and O–H groups in total. The first kappa shape index (κ1) is 10.7. The third-order valence-electron chi connectivity index (χ3n) is 2.20. The normalized spacial score (nSPS) is 12.4. The second kappa shape index (κ2) is 4.77. The molecule has 1 atom stereocenters. The summed E-state index contributed by atoms with van der Waals surface area (Å²) in [6.07, 6.45) is 1.38. The quantitative estimate of drug-likeness (QED) is 0.755. The highest BCUT2D eigenvalue weighted by Gasteiger charge is 2.11. The predicted molar refractivity (Wildman–Crippen MR) is 55.1 cm³/mol. The van der Waals surface area contributed by atoms with Crippen LogP contribution in [0.25, 0.3) is 0 Å². The Bertz CT molecular complexity index is 306. The third-order valence-corrected chi connectivity index (χ3v) is 2.20. The Morgan fingerprint density at radius 3 is 2.29 bits per heavy atom. The number of benzene rings is 1. The Morgan fingerprint density at radius 2 is 1.86 bits per heavy atom. The van der Waals surface area contributed by atoms with Crippen molar-refractivity contribution < 1.29 is 9.90 Å². The van der Waals surface area contributed by atoms with Crippen LogP contribution in [0.4, 0.5) is 0 Å². The van der Waals surface area contributed by atoms with E-state index in [2.05, 4.69) is 6.92 Å². The SMILES string of the molecule is CCc1ccc(C[C@@H](N)C(=O)O)cc1. The summed E-state index contributed by atoms with van der Waals surface area (Å²) < 4.78 is 0. The fraction of sp³-hybridized carbons (Fsp3) is 0.364. The molecule has 0 spiro atoms. The molecular weight excluding hydrogens is 178 g/mol. The summed E-state index contributed by atoms with van der Waals surface area (Å²) in [4.78, 5) is 10.5. The van der Waals surface area contributed by atoms with E-state index in [0.29, 0.717) is 6.42 Å². The van der Waals surface area contributed by atoms with Gasteiger partial charge in [0.2, 0.25) is 0 Å². The van der Waals surface area contributed by atoms with E-state index in [1.807, 2.05) is 24.3 Å². The minimum Gasteiger partial charge on any atom is -0.480 e. The van der Waals surface area contributed by atoms with Gasteiger partial charge in [0.1, 0.15) is 6.04 Å². The molecule has 1 rings (SSSR count). The average molecular weight is 193 g/mol. The molecule has 0 radical (unpaired) electrons. The first-order valence-corrected chi connectivity index (χ1v) is 4.69. The highest BCUT2D eigenvalue weighted by Crippen LogP contribution is 2.06. The molecule has 0 saturated heterocycles. The Hall–Kier alpha value is -1.35. The number of nitrogens with two attached hydrogens (primary N) is 1. The number of hydrogen-bond acceptors (Lipinski definition) is 2. The number of carboxylic acids is 1. The van der Waals surface area contributed by atoms with Crippen LogP contribution in [0.5, 0.6) is 0 Å². The number of hydrogen-bond donors (Lipinski definition) is 2. The highest BCUT2D eigenvalue weighted by molar-refractivity contribution is 5.73. The first-order chi connectivity index (χ1) is 6.63. The van der Waals surface area contributed by atoms with Crippen LogP contribution in [-0.2, 0) is 17.6 Å². The van der Waals surface area contributed by atoms with E-state index in [-0.39, 0.29) is 0 Å². The summed E-state index contributed by atoms with van der Waals surface area (Å²) >= 11 is 0. The molecule has 0 fully saturated rings. The van der Waals surface area contributed by atoms with Crippen molar-refractivity contribution in [1.29, 1.82) is 0 Å². The Kier molecular flexibility index (Phi) is 3.65. The van der Waals surface area contributed by atoms with Crippen LogP contribution in [0.3, 0.4) is 0 Å². The molecule has 76 valence electrons. The summed E-state index contributed by atoms with van der Waals surface area (Å²) in [6.45, 7) is 2.08. The molecule has 0 unspecified atom stereocenters. The van der Waals surface area contributed by atoms with Gasteiger partial charge >= 0.3 is 5.97 Å². The van der Waals surface area contributed by atoms with Crippen LogP contribution in [0, 0.1) is 0 Å². The molecule has 3 nitrogen and oxygen atoms in total. The van der Waals surface area contributed by atoms with E-state index in [4.69, 9.17) is 10.8 Å². The van der Waals surface area contributed by atoms with Crippen LogP contribution in [0.2, 0.25) is 0 Å². The average Bonchev–Trinajstić information content (AvgIpc) is 2.19. The van der Waals surface area contributed by atoms with Gasteiger partial charge in [-0.25, -0.2) is 0 Å². The topological polar surface area (TPSA) is 63.3 Å². The van der Waals surface area contributed by atoms with E-state index in [9.17, 15) is 4.79 Å². The van der Waals surface area contributed by atoms with Gasteiger partial charge in [-0.05, 0) is 24.0 Å². The van der Waals surface area contributed by atoms with Crippen molar-refractivity contribution >= 4 is 5.97 Å². The fourth-order valence-corrected chi connectivity index (χ4v) is 1.25. The van der Waals surface area contributed by atoms with Crippen molar-refractivity contribution in [3.63, 3.8) is 0 Å². The predicted octanol–water partition coefficient (Wildman–Crippen LogP) is 1.20. The molecular formula is C11H15NO2. The zero-order valence-corrected chi connectivity index (χ0v) is 8.23. The lowest BCUT2D eigenvalue weighted by Gasteiger charge is -2.06. The second-order valence-electron chi connectivity index (χ2n) is 3.32. The van der Waals surface area contributed by atoms with Crippen molar-refractivity contribution in [3.8, 4) is 0 Å². The van der Waals surface area contributed by atoms with Crippen molar-refractivity contribution in [3.05, 3.63) is 35.4 Å². The second-order valence-corrected chi connectivity index (χ2v) is 3.32. The van der Waals surface area contributed by atoms with E-state index in [1.54, 1.807) is 0 Å². The Balaban J connectivity index is 2.64. The maximum absolute atomic E-state index is 10.5. The maximum Gasteiger partial charge on any atom is 0.320 e. The first-order valence-electron chi connectivity index (χ1n) is 4.69. The molecule has 0 aliphatic rings. The molecule has 0 amide bonds. The van der Waals surface area contributed by atoms with Crippen molar-refractivity contribution in [2.24, 2.45) is 5.73 Å². The fourth-order valence-electron chi connectivity index (χ4n) is 1.25. The van der Waals surface area contributed by atoms with Gasteiger partial charge in [0.05, 0.1) is 0 Å². The molecule has 0 saturated carbocycles. The molecule has 1 aromatic carbocycles. The molecule has 0 bridgehead atoms. The largest absolute Gasteiger partial charge is 0.480 e. The Labute approximate surface area is 83.6 Å². The van der Waals surface area contributed by atoms with E-state index >= 15 is 0 Å². The Morgan fingerprint density at radius 1 is 1.36 bits per heavy atom. The summed E-state index contributed by atoms with van der Waals surface area (Å²) in [6, 6.07) is 7.07. The monoisotopic (exact) mass is 193 g/mol. The van der Waals surface area contributed by atoms with Gasteiger partial charge < -0.3 is 10.8 Å². The van der Waals surface area contributed by atoms with Gasteiger partial charge in [-0.1, -0.05) is 31.2 Å². The zero-order chi connectivity index (χ0) is 10.6. The molecule has 14 heavy (non-hydrogen) atoms. The van der Waals surface area contributed by atoms with Crippen LogP contribution in [0.1, 0.15) is 18.1 Å². The van der Waals surface area contributed by atoms with E-state index in [1.165, 1.54) is 5.56 Å². The van der Waals surface area contributed by atoms with Gasteiger partial charge in [-0.2, -0.15) is 0 Å². The van der Waals surface area contributed by atoms with Crippen LogP contribution < -0.4 is 5.73 Å². The smallest absolute Gasteiger partial charge is 0.320 e. The lowest BCUT2D eigenvalue weighted by molar-refractivity contribution is -0.138. The summed E-state index contributed by atoms with van der Waals surface area (Å²) in [7, 11) is 0. The third kappa shape index (κ3) is 2.85. The van der Waals surface area contributed by atoms with Gasteiger partial charge in [-0.15, -0.1) is 0 Å². The van der Waals surface area contributed by atoms with Gasteiger partial charge in [0, 0.05) is 0 Å².